The van der Waals surface area contributed by atoms with E-state index in [0.717, 1.165) is 27.9 Å². The smallest absolute Gasteiger partial charge is 0.273 e. The number of benzene rings is 1. The standard InChI is InChI=1S/C20H20N6O2/c1-4-14-16(13-8-6-5-7-9-13)18-22-21-17-15(26(18)23-14)10-11-25(20(17)28)24-19(27)12(2)3/h5-12H,4H2,1-3H3,(H,24,27). The zero-order chi connectivity index (χ0) is 19.8. The number of fused-ring (bicyclic) bond motifs is 3. The lowest BCUT2D eigenvalue weighted by molar-refractivity contribution is -0.119. The van der Waals surface area contributed by atoms with E-state index < -0.39 is 5.56 Å². The number of rotatable bonds is 4. The number of amides is 1. The number of nitrogens with zero attached hydrogens (tertiary/aromatic N) is 5. The summed E-state index contributed by atoms with van der Waals surface area (Å²) >= 11 is 0. The van der Waals surface area contributed by atoms with E-state index in [1.54, 1.807) is 24.4 Å². The molecule has 0 aliphatic rings. The van der Waals surface area contributed by atoms with E-state index in [0.29, 0.717) is 11.2 Å². The Bertz CT molecular complexity index is 1240. The molecular weight excluding hydrogens is 356 g/mol. The fourth-order valence-electron chi connectivity index (χ4n) is 3.07. The lowest BCUT2D eigenvalue weighted by atomic mass is 10.0. The summed E-state index contributed by atoms with van der Waals surface area (Å²) in [4.78, 5) is 24.7. The molecule has 1 aromatic carbocycles. The van der Waals surface area contributed by atoms with Crippen LogP contribution >= 0.6 is 0 Å². The quantitative estimate of drug-likeness (QED) is 0.590. The molecule has 8 nitrogen and oxygen atoms in total. The molecule has 0 spiro atoms. The van der Waals surface area contributed by atoms with Gasteiger partial charge in [-0.15, -0.1) is 10.2 Å². The average molecular weight is 376 g/mol. The summed E-state index contributed by atoms with van der Waals surface area (Å²) in [5.74, 6) is -0.503. The maximum atomic E-state index is 12.8. The van der Waals surface area contributed by atoms with Crippen molar-refractivity contribution in [2.24, 2.45) is 5.92 Å². The molecule has 3 aromatic heterocycles. The van der Waals surface area contributed by atoms with Crippen LogP contribution in [0.4, 0.5) is 0 Å². The molecule has 0 saturated carbocycles. The topological polar surface area (TPSA) is 94.2 Å². The molecule has 28 heavy (non-hydrogen) atoms. The largest absolute Gasteiger partial charge is 0.299 e. The minimum atomic E-state index is -0.448. The molecule has 142 valence electrons. The van der Waals surface area contributed by atoms with Crippen LogP contribution in [0.5, 0.6) is 0 Å². The van der Waals surface area contributed by atoms with E-state index in [2.05, 4.69) is 20.7 Å². The summed E-state index contributed by atoms with van der Waals surface area (Å²) in [6.07, 6.45) is 2.23. The molecule has 0 radical (unpaired) electrons. The monoisotopic (exact) mass is 376 g/mol. The van der Waals surface area contributed by atoms with Crippen LogP contribution in [-0.4, -0.2) is 30.4 Å². The number of carbonyl (C=O) groups excluding carboxylic acids is 1. The van der Waals surface area contributed by atoms with Gasteiger partial charge < -0.3 is 0 Å². The molecule has 8 heteroatoms. The van der Waals surface area contributed by atoms with Gasteiger partial charge >= 0.3 is 0 Å². The molecule has 0 atom stereocenters. The highest BCUT2D eigenvalue weighted by atomic mass is 16.2. The van der Waals surface area contributed by atoms with Crippen molar-refractivity contribution < 1.29 is 4.79 Å². The lowest BCUT2D eigenvalue weighted by Crippen LogP contribution is -2.35. The first-order valence-electron chi connectivity index (χ1n) is 9.17. The molecule has 1 N–H and O–H groups in total. The van der Waals surface area contributed by atoms with Gasteiger partial charge in [-0.2, -0.15) is 5.10 Å². The summed E-state index contributed by atoms with van der Waals surface area (Å²) in [7, 11) is 0. The normalized spacial score (nSPS) is 11.4. The Morgan fingerprint density at radius 2 is 1.89 bits per heavy atom. The van der Waals surface area contributed by atoms with Gasteiger partial charge in [0.15, 0.2) is 11.2 Å². The summed E-state index contributed by atoms with van der Waals surface area (Å²) in [6.45, 7) is 5.54. The molecule has 0 aliphatic carbocycles. The Kier molecular flexibility index (Phi) is 4.38. The van der Waals surface area contributed by atoms with Crippen molar-refractivity contribution in [1.29, 1.82) is 0 Å². The Hall–Kier alpha value is -3.55. The predicted molar refractivity (Wildman–Crippen MR) is 107 cm³/mol. The molecule has 4 rings (SSSR count). The van der Waals surface area contributed by atoms with Crippen molar-refractivity contribution in [1.82, 2.24) is 24.5 Å². The van der Waals surface area contributed by atoms with Crippen LogP contribution in [0, 0.1) is 5.92 Å². The van der Waals surface area contributed by atoms with E-state index in [-0.39, 0.29) is 17.3 Å². The number of aromatic nitrogens is 5. The Morgan fingerprint density at radius 3 is 2.57 bits per heavy atom. The third-order valence-corrected chi connectivity index (χ3v) is 4.60. The van der Waals surface area contributed by atoms with Crippen LogP contribution in [0.3, 0.4) is 0 Å². The number of pyridine rings is 1. The molecule has 4 aromatic rings. The lowest BCUT2D eigenvalue weighted by Gasteiger charge is -2.10. The van der Waals surface area contributed by atoms with Crippen LogP contribution in [0.15, 0.2) is 47.4 Å². The third-order valence-electron chi connectivity index (χ3n) is 4.60. The molecule has 0 saturated heterocycles. The second-order valence-corrected chi connectivity index (χ2v) is 6.83. The summed E-state index contributed by atoms with van der Waals surface area (Å²) in [5, 5.41) is 13.1. The fraction of sp³-hybridized carbons (Fsp3) is 0.250. The summed E-state index contributed by atoms with van der Waals surface area (Å²) < 4.78 is 2.78. The zero-order valence-electron chi connectivity index (χ0n) is 15.9. The Morgan fingerprint density at radius 1 is 1.14 bits per heavy atom. The van der Waals surface area contributed by atoms with E-state index >= 15 is 0 Å². The van der Waals surface area contributed by atoms with Gasteiger partial charge in [-0.3, -0.25) is 15.0 Å². The van der Waals surface area contributed by atoms with Crippen molar-refractivity contribution in [3.05, 3.63) is 58.6 Å². The van der Waals surface area contributed by atoms with Gasteiger partial charge in [0.25, 0.3) is 5.56 Å². The van der Waals surface area contributed by atoms with Crippen molar-refractivity contribution in [2.45, 2.75) is 27.2 Å². The second kappa shape index (κ2) is 6.88. The molecule has 0 bridgehead atoms. The fourth-order valence-corrected chi connectivity index (χ4v) is 3.07. The SMILES string of the molecule is CCc1nn2c(nnc3c(=O)n(NC(=O)C(C)C)ccc32)c1-c1ccccc1. The van der Waals surface area contributed by atoms with Crippen LogP contribution in [0.1, 0.15) is 26.5 Å². The Balaban J connectivity index is 1.94. The van der Waals surface area contributed by atoms with Crippen LogP contribution in [0.2, 0.25) is 0 Å². The molecule has 3 heterocycles. The first-order chi connectivity index (χ1) is 13.5. The van der Waals surface area contributed by atoms with E-state index in [4.69, 9.17) is 0 Å². The predicted octanol–water partition coefficient (Wildman–Crippen LogP) is 2.39. The van der Waals surface area contributed by atoms with Gasteiger partial charge in [0.2, 0.25) is 5.91 Å². The third kappa shape index (κ3) is 2.83. The van der Waals surface area contributed by atoms with Crippen LogP contribution < -0.4 is 11.0 Å². The summed E-state index contributed by atoms with van der Waals surface area (Å²) in [5.41, 5.74) is 6.20. The highest BCUT2D eigenvalue weighted by Gasteiger charge is 2.19. The highest BCUT2D eigenvalue weighted by molar-refractivity contribution is 5.87. The van der Waals surface area contributed by atoms with E-state index in [9.17, 15) is 9.59 Å². The van der Waals surface area contributed by atoms with Gasteiger partial charge in [0, 0.05) is 12.1 Å². The molecule has 0 aliphatic heterocycles. The van der Waals surface area contributed by atoms with Gasteiger partial charge in [-0.1, -0.05) is 51.1 Å². The maximum absolute atomic E-state index is 12.8. The zero-order valence-corrected chi connectivity index (χ0v) is 15.9. The first-order valence-corrected chi connectivity index (χ1v) is 9.17. The average Bonchev–Trinajstić information content (AvgIpc) is 3.09. The number of aryl methyl sites for hydroxylation is 1. The van der Waals surface area contributed by atoms with Gasteiger partial charge in [0.1, 0.15) is 5.52 Å². The first kappa shape index (κ1) is 17.8. The molecule has 0 unspecified atom stereocenters. The van der Waals surface area contributed by atoms with Crippen molar-refractivity contribution >= 4 is 22.6 Å². The molecule has 1 amide bonds. The minimum absolute atomic E-state index is 0.142. The maximum Gasteiger partial charge on any atom is 0.299 e. The van der Waals surface area contributed by atoms with Crippen LogP contribution in [0.25, 0.3) is 27.8 Å². The number of hydrogen-bond donors (Lipinski definition) is 1. The number of hydrogen-bond acceptors (Lipinski definition) is 5. The molecule has 0 fully saturated rings. The van der Waals surface area contributed by atoms with Gasteiger partial charge in [0.05, 0.1) is 11.3 Å². The minimum Gasteiger partial charge on any atom is -0.273 e. The molecular formula is C20H20N6O2. The van der Waals surface area contributed by atoms with Crippen LogP contribution in [-0.2, 0) is 11.2 Å². The van der Waals surface area contributed by atoms with Gasteiger partial charge in [-0.25, -0.2) is 9.19 Å². The second-order valence-electron chi connectivity index (χ2n) is 6.83. The Labute approximate surface area is 160 Å². The number of nitrogens with one attached hydrogen (secondary N) is 1. The van der Waals surface area contributed by atoms with E-state index in [1.165, 1.54) is 6.20 Å². The van der Waals surface area contributed by atoms with E-state index in [1.807, 2.05) is 37.3 Å². The van der Waals surface area contributed by atoms with Crippen molar-refractivity contribution in [2.75, 3.05) is 5.43 Å². The number of carbonyl (C=O) groups is 1. The summed E-state index contributed by atoms with van der Waals surface area (Å²) in [6, 6.07) is 11.6. The van der Waals surface area contributed by atoms with Gasteiger partial charge in [-0.05, 0) is 18.1 Å². The highest BCUT2D eigenvalue weighted by Crippen LogP contribution is 2.28. The van der Waals surface area contributed by atoms with Crippen molar-refractivity contribution in [3.8, 4) is 11.1 Å². The van der Waals surface area contributed by atoms with Crippen molar-refractivity contribution in [3.63, 3.8) is 0 Å².